The molecular formula is C43H74Br2N2O29. The van der Waals surface area contributed by atoms with Crippen LogP contribution in [0.2, 0.25) is 0 Å². The summed E-state index contributed by atoms with van der Waals surface area (Å²) in [5.74, 6) is -0.439. The maximum atomic E-state index is 14.3. The second-order valence-corrected chi connectivity index (χ2v) is 21.6. The lowest BCUT2D eigenvalue weighted by Gasteiger charge is -2.51. The molecule has 0 aromatic carbocycles. The standard InChI is InChI=1S/C43H74N2O29.2BrH/c1-44(2)5-13(50)6-45(3,4)8-15-33-21(52)27(58)39(64-15)72-35-17(10-47)68-43(31(62)25(35)56)73-36-18(11-48)65-40(28(59)22(36)53)69-32-14(7-44)63-38(26(57)20(32)51)71-34-16(9-46)67-42(30(61)24(34)55)74-37-19(12-49)66-41(70-33)29(60)23(37)54;;/h14-43,46-49,51-62H,5-12H2,1-4H3;2*1H/q+2;;/p-2/t14-,15-,16-,17-,18-,19-,20-,21-,22-,23-,24-,25-,26-,27-,28-,29-,30-,31-,32-,33-,34-,35-,36-,37-,38-,39-,40-,41-,42-,43-;;/m1../s1. The summed E-state index contributed by atoms with van der Waals surface area (Å²) in [6.07, 6.45) is -57.5. The summed E-state index contributed by atoms with van der Waals surface area (Å²) in [6.45, 7) is -5.11. The van der Waals surface area contributed by atoms with Gasteiger partial charge in [0.2, 0.25) is 5.78 Å². The van der Waals surface area contributed by atoms with Crippen LogP contribution < -0.4 is 34.0 Å². The first-order valence-corrected chi connectivity index (χ1v) is 24.4. The van der Waals surface area contributed by atoms with Crippen LogP contribution in [0.5, 0.6) is 0 Å². The van der Waals surface area contributed by atoms with Gasteiger partial charge in [0.25, 0.3) is 0 Å². The normalized spacial score (nSPS) is 52.1. The Balaban J connectivity index is 0.00000469. The Kier molecular flexibility index (Phi) is 22.0. The largest absolute Gasteiger partial charge is 1.00 e. The quantitative estimate of drug-likeness (QED) is 0.116. The number of rotatable bonds is 4. The molecule has 0 spiro atoms. The van der Waals surface area contributed by atoms with Crippen molar-refractivity contribution in [2.75, 3.05) is 80.8 Å². The predicted octanol–water partition coefficient (Wildman–Crippen LogP) is -18.3. The van der Waals surface area contributed by atoms with Gasteiger partial charge < -0.3 is 181 Å². The fourth-order valence-corrected chi connectivity index (χ4v) is 11.0. The summed E-state index contributed by atoms with van der Waals surface area (Å²) in [5, 5.41) is 181. The zero-order valence-corrected chi connectivity index (χ0v) is 44.8. The van der Waals surface area contributed by atoms with Crippen LogP contribution in [-0.4, -0.2) is 361 Å². The number of hydrogen-bond acceptors (Lipinski definition) is 29. The number of carbonyl (C=O) groups is 1. The number of quaternary nitrogens is 2. The summed E-state index contributed by atoms with van der Waals surface area (Å²) in [5.41, 5.74) is 0. The van der Waals surface area contributed by atoms with Crippen molar-refractivity contribution < 1.29 is 186 Å². The highest BCUT2D eigenvalue weighted by atomic mass is 79.9. The van der Waals surface area contributed by atoms with Gasteiger partial charge in [-0.2, -0.15) is 0 Å². The molecular weight excluding hydrogens is 1170 g/mol. The topological polar surface area (TPSA) is 452 Å². The van der Waals surface area contributed by atoms with Gasteiger partial charge in [0, 0.05) is 0 Å². The van der Waals surface area contributed by atoms with Gasteiger partial charge in [-0.15, -0.1) is 0 Å². The third kappa shape index (κ3) is 13.1. The molecule has 0 saturated carbocycles. The molecule has 0 amide bonds. The van der Waals surface area contributed by atoms with Gasteiger partial charge in [-0.25, -0.2) is 0 Å². The third-order valence-electron chi connectivity index (χ3n) is 14.9. The van der Waals surface area contributed by atoms with E-state index < -0.39 is 216 Å². The number of likely N-dealkylation sites (N-methyl/N-ethyl adjacent to an activating group) is 2. The van der Waals surface area contributed by atoms with Crippen molar-refractivity contribution in [1.29, 1.82) is 0 Å². The maximum absolute atomic E-state index is 14.3. The molecule has 444 valence electrons. The van der Waals surface area contributed by atoms with Crippen molar-refractivity contribution in [1.82, 2.24) is 0 Å². The second-order valence-electron chi connectivity index (χ2n) is 21.6. The van der Waals surface area contributed by atoms with Crippen LogP contribution >= 0.6 is 0 Å². The minimum atomic E-state index is -2.14. The molecule has 31 nitrogen and oxygen atoms in total. The van der Waals surface area contributed by atoms with E-state index in [1.807, 2.05) is 0 Å². The van der Waals surface area contributed by atoms with Crippen LogP contribution in [0.15, 0.2) is 0 Å². The lowest BCUT2D eigenvalue weighted by Crippen LogP contribution is -3.00. The molecule has 12 rings (SSSR count). The van der Waals surface area contributed by atoms with E-state index in [-0.39, 0.29) is 69.1 Å². The minimum absolute atomic E-state index is 0. The first-order chi connectivity index (χ1) is 34.8. The Morgan fingerprint density at radius 3 is 0.750 bits per heavy atom. The number of Topliss-reactive ketones (excluding diaryl/α,β-unsaturated/α-hetero) is 1. The first-order valence-electron chi connectivity index (χ1n) is 24.4. The fraction of sp³-hybridized carbons (Fsp3) is 0.977. The van der Waals surface area contributed by atoms with E-state index in [0.29, 0.717) is 0 Å². The van der Waals surface area contributed by atoms with Crippen LogP contribution in [0.3, 0.4) is 0 Å². The summed E-state index contributed by atoms with van der Waals surface area (Å²) >= 11 is 0. The van der Waals surface area contributed by atoms with Gasteiger partial charge in [-0.1, -0.05) is 0 Å². The van der Waals surface area contributed by atoms with Crippen molar-refractivity contribution in [3.05, 3.63) is 0 Å². The number of aliphatic hydroxyl groups excluding tert-OH is 16. The van der Waals surface area contributed by atoms with Gasteiger partial charge in [0.1, 0.15) is 173 Å². The van der Waals surface area contributed by atoms with Gasteiger partial charge in [-0.05, 0) is 0 Å². The Labute approximate surface area is 455 Å². The SMILES string of the molecule is C[N+]1(C)CC(=O)C[N+](C)(C)C[C@H]2O[C@@H]3O[C@H]4[C@H](O)[C@@H](O)[C@@H](O[C@H]5[C@H](O)[C@@H](O)[C@@H](O[C@H]6[C@H](O)[C@@H](O)[C@@H](O[C@H]7[C@H](O)[C@@H](O)[C@@H](O[C@H]8[C@H](O)[C@@H](O)[C@@H](O[C@H]2[C@H](O)[C@H]3O)O[C@@H]8CO)O[C@@H]7CO)O[C@@H]6C1)O[C@@H]5CO)O[C@@H]4CO.[Br-].[Br-]. The molecule has 0 unspecified atom stereocenters. The Bertz CT molecular complexity index is 1740. The Morgan fingerprint density at radius 1 is 0.329 bits per heavy atom. The highest BCUT2D eigenvalue weighted by Gasteiger charge is 2.60. The Morgan fingerprint density at radius 2 is 0.526 bits per heavy atom. The average molecular weight is 1240 g/mol. The van der Waals surface area contributed by atoms with Crippen molar-refractivity contribution in [3.63, 3.8) is 0 Å². The highest BCUT2D eigenvalue weighted by Crippen LogP contribution is 2.39. The molecule has 16 N–H and O–H groups in total. The summed E-state index contributed by atoms with van der Waals surface area (Å²) < 4.78 is 71.1. The number of nitrogens with zero attached hydrogens (tertiary/aromatic N) is 2. The van der Waals surface area contributed by atoms with Crippen LogP contribution in [-0.2, 0) is 61.6 Å². The zero-order valence-electron chi connectivity index (χ0n) is 41.6. The number of carbonyl (C=O) groups excluding carboxylic acids is 1. The first kappa shape index (κ1) is 64.6. The lowest BCUT2D eigenvalue weighted by atomic mass is 9.94. The molecule has 12 bridgehead atoms. The fourth-order valence-electron chi connectivity index (χ4n) is 11.0. The van der Waals surface area contributed by atoms with Gasteiger partial charge in [0.15, 0.2) is 37.7 Å². The minimum Gasteiger partial charge on any atom is -1.00 e. The van der Waals surface area contributed by atoms with Crippen LogP contribution in [0.25, 0.3) is 0 Å². The predicted molar refractivity (Wildman–Crippen MR) is 230 cm³/mol. The Hall–Kier alpha value is -0.570. The molecule has 0 aromatic rings. The second kappa shape index (κ2) is 25.9. The van der Waals surface area contributed by atoms with E-state index in [0.717, 1.165) is 0 Å². The van der Waals surface area contributed by atoms with E-state index in [4.69, 9.17) is 56.8 Å². The summed E-state index contributed by atoms with van der Waals surface area (Å²) in [7, 11) is 6.36. The highest BCUT2D eigenvalue weighted by molar-refractivity contribution is 5.80. The van der Waals surface area contributed by atoms with E-state index in [1.165, 1.54) is 0 Å². The molecule has 12 aliphatic rings. The lowest BCUT2D eigenvalue weighted by molar-refractivity contribution is -0.898. The van der Waals surface area contributed by atoms with Gasteiger partial charge in [-0.3, -0.25) is 4.79 Å². The van der Waals surface area contributed by atoms with E-state index >= 15 is 0 Å². The number of fused-ring (bicyclic) bond motifs is 4. The van der Waals surface area contributed by atoms with E-state index in [9.17, 15) is 86.5 Å². The van der Waals surface area contributed by atoms with Crippen LogP contribution in [0, 0.1) is 0 Å². The molecule has 76 heavy (non-hydrogen) atoms. The smallest absolute Gasteiger partial charge is 0.240 e. The summed E-state index contributed by atoms with van der Waals surface area (Å²) in [4.78, 5) is 14.3. The van der Waals surface area contributed by atoms with Crippen LogP contribution in [0.1, 0.15) is 0 Å². The molecule has 12 saturated heterocycles. The molecule has 0 radical (unpaired) electrons. The van der Waals surface area contributed by atoms with Crippen molar-refractivity contribution in [2.45, 2.75) is 184 Å². The zero-order chi connectivity index (χ0) is 54.0. The molecule has 30 atom stereocenters. The number of hydrogen-bond donors (Lipinski definition) is 16. The third-order valence-corrected chi connectivity index (χ3v) is 14.9. The van der Waals surface area contributed by atoms with Gasteiger partial charge >= 0.3 is 0 Å². The van der Waals surface area contributed by atoms with Crippen molar-refractivity contribution in [3.8, 4) is 0 Å². The monoisotopic (exact) mass is 1240 g/mol. The van der Waals surface area contributed by atoms with E-state index in [2.05, 4.69) is 0 Å². The maximum Gasteiger partial charge on any atom is 0.240 e. The number of ether oxygens (including phenoxy) is 12. The molecule has 12 heterocycles. The number of ketones is 1. The molecule has 12 aliphatic heterocycles. The summed E-state index contributed by atoms with van der Waals surface area (Å²) in [6, 6.07) is 0. The molecule has 33 heteroatoms. The average Bonchev–Trinajstić information content (AvgIpc) is 3.34. The number of aliphatic hydroxyl groups is 16. The molecule has 0 aliphatic carbocycles. The van der Waals surface area contributed by atoms with Crippen LogP contribution in [0.4, 0.5) is 0 Å². The van der Waals surface area contributed by atoms with E-state index in [1.54, 1.807) is 28.2 Å². The van der Waals surface area contributed by atoms with Gasteiger partial charge in [0.05, 0.1) is 54.6 Å². The number of halogens is 2. The van der Waals surface area contributed by atoms with Crippen molar-refractivity contribution in [2.24, 2.45) is 0 Å². The van der Waals surface area contributed by atoms with Crippen molar-refractivity contribution >= 4 is 5.78 Å². The molecule has 0 aromatic heterocycles. The molecule has 12 fully saturated rings.